The summed E-state index contributed by atoms with van der Waals surface area (Å²) in [5, 5.41) is 2.97. The van der Waals surface area contributed by atoms with Gasteiger partial charge in [0.1, 0.15) is 0 Å². The third-order valence-electron chi connectivity index (χ3n) is 5.14. The Hall–Kier alpha value is -2.77. The molecule has 3 aromatic carbocycles. The van der Waals surface area contributed by atoms with Crippen LogP contribution in [0, 0.1) is 6.92 Å². The lowest BCUT2D eigenvalue weighted by molar-refractivity contribution is 0.0940. The molecule has 1 amide bonds. The molecule has 0 aliphatic rings. The lowest BCUT2D eigenvalue weighted by atomic mass is 10.1. The number of rotatable bonds is 7. The van der Waals surface area contributed by atoms with Crippen molar-refractivity contribution in [2.24, 2.45) is 0 Å². The number of anilines is 1. The number of hydrogen-bond donors (Lipinski definition) is 1. The smallest absolute Gasteiger partial charge is 0.264 e. The molecule has 3 aromatic rings. The van der Waals surface area contributed by atoms with Crippen molar-refractivity contribution in [3.05, 3.63) is 89.5 Å². The molecule has 1 atom stereocenters. The minimum atomic E-state index is -3.69. The number of carbonyl (C=O) groups excluding carboxylic acids is 1. The first-order valence-corrected chi connectivity index (χ1v) is 12.5. The summed E-state index contributed by atoms with van der Waals surface area (Å²) in [4.78, 5) is 13.8. The second-order valence-corrected chi connectivity index (χ2v) is 10.1. The predicted octanol–water partition coefficient (Wildman–Crippen LogP) is 5.03. The number of hydrogen-bond acceptors (Lipinski definition) is 4. The average molecular weight is 455 g/mol. The molecule has 7 heteroatoms. The van der Waals surface area contributed by atoms with E-state index in [-0.39, 0.29) is 16.8 Å². The van der Waals surface area contributed by atoms with Gasteiger partial charge in [0.2, 0.25) is 0 Å². The second-order valence-electron chi connectivity index (χ2n) is 7.30. The van der Waals surface area contributed by atoms with Gasteiger partial charge >= 0.3 is 0 Å². The third kappa shape index (κ3) is 5.29. The van der Waals surface area contributed by atoms with Gasteiger partial charge in [0, 0.05) is 17.5 Å². The summed E-state index contributed by atoms with van der Waals surface area (Å²) in [5.41, 5.74) is 3.14. The molecule has 0 aromatic heterocycles. The van der Waals surface area contributed by atoms with Gasteiger partial charge in [-0.15, -0.1) is 11.8 Å². The first kappa shape index (κ1) is 22.9. The standard InChI is InChI=1S/C24H26N2O3S2/c1-17-5-7-19(8-6-17)18(2)25-24(27)20-9-11-21(12-10-20)26(3)31(28,29)23-15-13-22(30-4)14-16-23/h5-16,18H,1-4H3,(H,25,27)/t18-/m0/s1. The van der Waals surface area contributed by atoms with Crippen LogP contribution in [0.2, 0.25) is 0 Å². The summed E-state index contributed by atoms with van der Waals surface area (Å²) < 4.78 is 27.1. The van der Waals surface area contributed by atoms with Crippen molar-refractivity contribution in [1.29, 1.82) is 0 Å². The van der Waals surface area contributed by atoms with Crippen molar-refractivity contribution in [2.75, 3.05) is 17.6 Å². The Kier molecular flexibility index (Phi) is 7.08. The van der Waals surface area contributed by atoms with Crippen LogP contribution >= 0.6 is 11.8 Å². The van der Waals surface area contributed by atoms with Crippen molar-refractivity contribution in [2.45, 2.75) is 29.7 Å². The fraction of sp³-hybridized carbons (Fsp3) is 0.208. The average Bonchev–Trinajstić information content (AvgIpc) is 2.79. The van der Waals surface area contributed by atoms with Gasteiger partial charge in [-0.25, -0.2) is 8.42 Å². The quantitative estimate of drug-likeness (QED) is 0.508. The fourth-order valence-corrected chi connectivity index (χ4v) is 4.69. The fourth-order valence-electron chi connectivity index (χ4n) is 3.09. The largest absolute Gasteiger partial charge is 0.346 e. The minimum absolute atomic E-state index is 0.139. The molecule has 0 spiro atoms. The van der Waals surface area contributed by atoms with Crippen molar-refractivity contribution in [3.8, 4) is 0 Å². The molecule has 0 aliphatic heterocycles. The van der Waals surface area contributed by atoms with Crippen LogP contribution in [-0.4, -0.2) is 27.6 Å². The third-order valence-corrected chi connectivity index (χ3v) is 7.68. The Morgan fingerprint density at radius 2 is 1.52 bits per heavy atom. The van der Waals surface area contributed by atoms with Crippen molar-refractivity contribution < 1.29 is 13.2 Å². The van der Waals surface area contributed by atoms with Crippen LogP contribution in [0.5, 0.6) is 0 Å². The van der Waals surface area contributed by atoms with E-state index < -0.39 is 10.0 Å². The molecule has 0 unspecified atom stereocenters. The summed E-state index contributed by atoms with van der Waals surface area (Å²) in [6.45, 7) is 3.95. The predicted molar refractivity (Wildman–Crippen MR) is 127 cm³/mol. The number of benzene rings is 3. The van der Waals surface area contributed by atoms with Gasteiger partial charge in [0.15, 0.2) is 0 Å². The van der Waals surface area contributed by atoms with E-state index in [0.29, 0.717) is 11.3 Å². The van der Waals surface area contributed by atoms with Gasteiger partial charge in [-0.2, -0.15) is 0 Å². The van der Waals surface area contributed by atoms with E-state index in [1.807, 2.05) is 44.4 Å². The number of nitrogens with one attached hydrogen (secondary N) is 1. The zero-order chi connectivity index (χ0) is 22.6. The molecule has 31 heavy (non-hydrogen) atoms. The molecule has 0 heterocycles. The van der Waals surface area contributed by atoms with E-state index >= 15 is 0 Å². The van der Waals surface area contributed by atoms with Crippen molar-refractivity contribution in [1.82, 2.24) is 5.32 Å². The number of nitrogens with zero attached hydrogens (tertiary/aromatic N) is 1. The van der Waals surface area contributed by atoms with E-state index in [2.05, 4.69) is 5.32 Å². The first-order chi connectivity index (χ1) is 14.7. The van der Waals surface area contributed by atoms with Crippen molar-refractivity contribution >= 4 is 33.4 Å². The second kappa shape index (κ2) is 9.58. The highest BCUT2D eigenvalue weighted by molar-refractivity contribution is 7.98. The molecular weight excluding hydrogens is 428 g/mol. The lowest BCUT2D eigenvalue weighted by Gasteiger charge is -2.20. The topological polar surface area (TPSA) is 66.5 Å². The van der Waals surface area contributed by atoms with Gasteiger partial charge in [-0.1, -0.05) is 29.8 Å². The molecule has 1 N–H and O–H groups in total. The Morgan fingerprint density at radius 3 is 2.06 bits per heavy atom. The highest BCUT2D eigenvalue weighted by Gasteiger charge is 2.21. The summed E-state index contributed by atoms with van der Waals surface area (Å²) in [6.07, 6.45) is 1.94. The van der Waals surface area contributed by atoms with E-state index in [1.165, 1.54) is 11.4 Å². The summed E-state index contributed by atoms with van der Waals surface area (Å²) in [6, 6.07) is 21.2. The van der Waals surface area contributed by atoms with Gasteiger partial charge in [0.25, 0.3) is 15.9 Å². The maximum Gasteiger partial charge on any atom is 0.264 e. The maximum absolute atomic E-state index is 12.9. The SMILES string of the molecule is CSc1ccc(S(=O)(=O)N(C)c2ccc(C(=O)N[C@@H](C)c3ccc(C)cc3)cc2)cc1. The Bertz CT molecular complexity index is 1140. The molecule has 162 valence electrons. The van der Waals surface area contributed by atoms with Crippen LogP contribution in [0.3, 0.4) is 0 Å². The zero-order valence-electron chi connectivity index (χ0n) is 18.0. The van der Waals surface area contributed by atoms with E-state index in [0.717, 1.165) is 16.0 Å². The number of thioether (sulfide) groups is 1. The molecule has 0 aliphatic carbocycles. The van der Waals surface area contributed by atoms with E-state index in [1.54, 1.807) is 60.3 Å². The first-order valence-electron chi connectivity index (χ1n) is 9.83. The summed E-state index contributed by atoms with van der Waals surface area (Å²) >= 11 is 1.55. The monoisotopic (exact) mass is 454 g/mol. The number of sulfonamides is 1. The van der Waals surface area contributed by atoms with Crippen LogP contribution in [0.4, 0.5) is 5.69 Å². The highest BCUT2D eigenvalue weighted by atomic mass is 32.2. The molecule has 0 fully saturated rings. The molecule has 3 rings (SSSR count). The number of amides is 1. The molecule has 0 saturated heterocycles. The van der Waals surface area contributed by atoms with Gasteiger partial charge in [0.05, 0.1) is 16.6 Å². The lowest BCUT2D eigenvalue weighted by Crippen LogP contribution is -2.28. The molecule has 0 saturated carbocycles. The summed E-state index contributed by atoms with van der Waals surface area (Å²) in [5.74, 6) is -0.210. The van der Waals surface area contributed by atoms with E-state index in [4.69, 9.17) is 0 Å². The van der Waals surface area contributed by atoms with Crippen LogP contribution in [0.15, 0.2) is 82.6 Å². The van der Waals surface area contributed by atoms with Crippen LogP contribution < -0.4 is 9.62 Å². The van der Waals surface area contributed by atoms with Gasteiger partial charge < -0.3 is 5.32 Å². The normalized spacial score (nSPS) is 12.3. The van der Waals surface area contributed by atoms with E-state index in [9.17, 15) is 13.2 Å². The van der Waals surface area contributed by atoms with Crippen LogP contribution in [-0.2, 0) is 10.0 Å². The van der Waals surface area contributed by atoms with Gasteiger partial charge in [-0.3, -0.25) is 9.10 Å². The maximum atomic E-state index is 12.9. The minimum Gasteiger partial charge on any atom is -0.346 e. The summed E-state index contributed by atoms with van der Waals surface area (Å²) in [7, 11) is -2.18. The van der Waals surface area contributed by atoms with Crippen LogP contribution in [0.25, 0.3) is 0 Å². The zero-order valence-corrected chi connectivity index (χ0v) is 19.6. The molecule has 5 nitrogen and oxygen atoms in total. The number of carbonyl (C=O) groups is 1. The Morgan fingerprint density at radius 1 is 0.935 bits per heavy atom. The molecule has 0 radical (unpaired) electrons. The Balaban J connectivity index is 1.72. The Labute approximate surface area is 188 Å². The van der Waals surface area contributed by atoms with Gasteiger partial charge in [-0.05, 0) is 74.2 Å². The highest BCUT2D eigenvalue weighted by Crippen LogP contribution is 2.24. The molecular formula is C24H26N2O3S2. The molecule has 0 bridgehead atoms. The van der Waals surface area contributed by atoms with Crippen LogP contribution in [0.1, 0.15) is 34.5 Å². The number of aryl methyl sites for hydroxylation is 1. The van der Waals surface area contributed by atoms with Crippen molar-refractivity contribution in [3.63, 3.8) is 0 Å².